The van der Waals surface area contributed by atoms with Crippen molar-refractivity contribution in [3.63, 3.8) is 0 Å². The number of nitrogens with zero attached hydrogens (tertiary/aromatic N) is 1. The lowest BCUT2D eigenvalue weighted by Gasteiger charge is -2.09. The summed E-state index contributed by atoms with van der Waals surface area (Å²) in [6.07, 6.45) is -4.47. The first kappa shape index (κ1) is 30.1. The van der Waals surface area contributed by atoms with Crippen LogP contribution in [0.25, 0.3) is 22.3 Å². The van der Waals surface area contributed by atoms with Gasteiger partial charge >= 0.3 is 6.36 Å². The summed E-state index contributed by atoms with van der Waals surface area (Å²) in [6, 6.07) is 17.7. The van der Waals surface area contributed by atoms with Crippen LogP contribution in [0.3, 0.4) is 0 Å². The molecule has 0 saturated heterocycles. The number of phenols is 1. The highest BCUT2D eigenvalue weighted by Crippen LogP contribution is 2.31. The number of aromatic nitrogens is 1. The summed E-state index contributed by atoms with van der Waals surface area (Å²) in [5, 5.41) is 17.1. The molecule has 5 aromatic rings. The van der Waals surface area contributed by atoms with E-state index in [1.807, 2.05) is 18.2 Å². The number of carbonyl (C=O) groups excluding carboxylic acids is 2. The maximum absolute atomic E-state index is 12.6. The monoisotopic (exact) mass is 625 g/mol. The van der Waals surface area contributed by atoms with Gasteiger partial charge in [-0.2, -0.15) is 0 Å². The largest absolute Gasteiger partial charge is 0.573 e. The second-order valence-corrected chi connectivity index (χ2v) is 10.1. The molecule has 0 bridgehead atoms. The summed E-state index contributed by atoms with van der Waals surface area (Å²) in [7, 11) is 0. The Balaban J connectivity index is 1.11. The number of phenolic OH excluding ortho intramolecular Hbond substituents is 1. The summed E-state index contributed by atoms with van der Waals surface area (Å²) >= 11 is 1.02. The number of nitrogens with one attached hydrogen (secondary N) is 2. The van der Waals surface area contributed by atoms with E-state index < -0.39 is 23.4 Å². The SMILES string of the molecule is O=C(CCCOc1cc(O)c2c(=O)cc(-c3ccccc3)oc2c1)Nc1nc(C(=O)Nc2ccc(OC(F)(F)F)cc2)cs1. The molecule has 0 radical (unpaired) electrons. The van der Waals surface area contributed by atoms with Gasteiger partial charge in [-0.15, -0.1) is 24.5 Å². The summed E-state index contributed by atoms with van der Waals surface area (Å²) in [5.74, 6) is -1.13. The normalized spacial score (nSPS) is 11.2. The van der Waals surface area contributed by atoms with Crippen molar-refractivity contribution in [3.05, 3.63) is 94.1 Å². The molecule has 0 aliphatic heterocycles. The Morgan fingerprint density at radius 2 is 1.73 bits per heavy atom. The van der Waals surface area contributed by atoms with Crippen molar-refractivity contribution in [2.75, 3.05) is 17.2 Å². The lowest BCUT2D eigenvalue weighted by molar-refractivity contribution is -0.274. The topological polar surface area (TPSA) is 140 Å². The van der Waals surface area contributed by atoms with Crippen LogP contribution in [0.4, 0.5) is 24.0 Å². The highest BCUT2D eigenvalue weighted by atomic mass is 32.1. The summed E-state index contributed by atoms with van der Waals surface area (Å²) in [5.41, 5.74) is 0.677. The van der Waals surface area contributed by atoms with Gasteiger partial charge in [-0.25, -0.2) is 4.98 Å². The maximum Gasteiger partial charge on any atom is 0.573 e. The van der Waals surface area contributed by atoms with Crippen molar-refractivity contribution in [3.8, 4) is 28.6 Å². The number of hydrogen-bond acceptors (Lipinski definition) is 9. The van der Waals surface area contributed by atoms with E-state index in [1.165, 1.54) is 35.7 Å². The number of amides is 2. The molecule has 0 unspecified atom stereocenters. The zero-order chi connectivity index (χ0) is 31.3. The van der Waals surface area contributed by atoms with Gasteiger partial charge < -0.3 is 29.6 Å². The van der Waals surface area contributed by atoms with Crippen LogP contribution in [0.1, 0.15) is 23.3 Å². The quantitative estimate of drug-likeness (QED) is 0.148. The molecule has 0 aliphatic carbocycles. The van der Waals surface area contributed by atoms with Gasteiger partial charge in [-0.05, 0) is 30.7 Å². The van der Waals surface area contributed by atoms with Crippen molar-refractivity contribution < 1.29 is 41.8 Å². The van der Waals surface area contributed by atoms with Gasteiger partial charge in [0, 0.05) is 41.3 Å². The van der Waals surface area contributed by atoms with Crippen molar-refractivity contribution in [2.24, 2.45) is 0 Å². The summed E-state index contributed by atoms with van der Waals surface area (Å²) in [4.78, 5) is 41.5. The molecule has 10 nitrogen and oxygen atoms in total. The zero-order valence-corrected chi connectivity index (χ0v) is 23.3. The number of aromatic hydroxyl groups is 1. The summed E-state index contributed by atoms with van der Waals surface area (Å²) < 4.78 is 52.2. The molecule has 3 N–H and O–H groups in total. The van der Waals surface area contributed by atoms with Crippen molar-refractivity contribution in [1.82, 2.24) is 4.98 Å². The molecule has 0 atom stereocenters. The van der Waals surface area contributed by atoms with Crippen LogP contribution in [0, 0.1) is 0 Å². The molecule has 226 valence electrons. The minimum atomic E-state index is -4.82. The number of ether oxygens (including phenoxy) is 2. The van der Waals surface area contributed by atoms with Crippen LogP contribution in [0.15, 0.2) is 87.4 Å². The molecule has 5 rings (SSSR count). The van der Waals surface area contributed by atoms with Gasteiger partial charge in [0.1, 0.15) is 39.7 Å². The lowest BCUT2D eigenvalue weighted by atomic mass is 10.1. The van der Waals surface area contributed by atoms with Crippen LogP contribution in [-0.4, -0.2) is 34.9 Å². The number of thiazole rings is 1. The average Bonchev–Trinajstić information content (AvgIpc) is 3.44. The van der Waals surface area contributed by atoms with Gasteiger partial charge in [0.05, 0.1) is 6.61 Å². The minimum Gasteiger partial charge on any atom is -0.507 e. The molecule has 2 amide bonds. The van der Waals surface area contributed by atoms with E-state index in [0.717, 1.165) is 23.5 Å². The number of fused-ring (bicyclic) bond motifs is 1. The van der Waals surface area contributed by atoms with E-state index in [-0.39, 0.29) is 57.9 Å². The first-order valence-electron chi connectivity index (χ1n) is 13.0. The Bertz CT molecular complexity index is 1860. The molecule has 2 aromatic heterocycles. The fraction of sp³-hybridized carbons (Fsp3) is 0.133. The number of halogens is 3. The van der Waals surface area contributed by atoms with E-state index in [1.54, 1.807) is 12.1 Å². The lowest BCUT2D eigenvalue weighted by Crippen LogP contribution is -2.17. The first-order chi connectivity index (χ1) is 21.0. The third kappa shape index (κ3) is 7.72. The molecule has 0 saturated carbocycles. The number of alkyl halides is 3. The molecule has 2 heterocycles. The fourth-order valence-electron chi connectivity index (χ4n) is 4.05. The number of hydrogen-bond donors (Lipinski definition) is 3. The fourth-order valence-corrected chi connectivity index (χ4v) is 4.75. The second kappa shape index (κ2) is 12.9. The molecule has 0 aliphatic rings. The second-order valence-electron chi connectivity index (χ2n) is 9.22. The number of carbonyl (C=O) groups is 2. The van der Waals surface area contributed by atoms with Crippen LogP contribution < -0.4 is 25.5 Å². The number of benzene rings is 3. The smallest absolute Gasteiger partial charge is 0.507 e. The molecule has 14 heteroatoms. The van der Waals surface area contributed by atoms with Crippen LogP contribution in [0.2, 0.25) is 0 Å². The predicted octanol–water partition coefficient (Wildman–Crippen LogP) is 6.57. The molecule has 0 fully saturated rings. The van der Waals surface area contributed by atoms with Gasteiger partial charge in [0.25, 0.3) is 5.91 Å². The zero-order valence-electron chi connectivity index (χ0n) is 22.5. The Hall–Kier alpha value is -5.37. The number of anilines is 2. The molecule has 44 heavy (non-hydrogen) atoms. The van der Waals surface area contributed by atoms with E-state index in [0.29, 0.717) is 17.7 Å². The highest BCUT2D eigenvalue weighted by Gasteiger charge is 2.31. The average molecular weight is 626 g/mol. The molecular formula is C30H22F3N3O7S. The van der Waals surface area contributed by atoms with E-state index in [9.17, 15) is 32.7 Å². The van der Waals surface area contributed by atoms with Crippen LogP contribution >= 0.6 is 11.3 Å². The Kier molecular flexibility index (Phi) is 8.81. The Labute approximate surface area is 250 Å². The van der Waals surface area contributed by atoms with Crippen molar-refractivity contribution in [2.45, 2.75) is 19.2 Å². The number of rotatable bonds is 10. The Morgan fingerprint density at radius 3 is 2.45 bits per heavy atom. The summed E-state index contributed by atoms with van der Waals surface area (Å²) in [6.45, 7) is 0.110. The van der Waals surface area contributed by atoms with E-state index in [4.69, 9.17) is 9.15 Å². The minimum absolute atomic E-state index is 0.00226. The standard InChI is InChI=1S/C30H22F3N3O7S/c31-30(32,33)43-19-10-8-18(9-11-19)34-28(40)21-16-44-29(35-21)36-26(39)7-4-12-41-20-13-22(37)27-23(38)15-24(42-25(27)14-20)17-5-2-1-3-6-17/h1-3,5-6,8-11,13-16,37H,4,7,12H2,(H,34,40)(H,35,36,39). The van der Waals surface area contributed by atoms with Gasteiger partial charge in [-0.3, -0.25) is 14.4 Å². The van der Waals surface area contributed by atoms with Crippen LogP contribution in [-0.2, 0) is 4.79 Å². The van der Waals surface area contributed by atoms with Crippen LogP contribution in [0.5, 0.6) is 17.2 Å². The van der Waals surface area contributed by atoms with Gasteiger partial charge in [0.2, 0.25) is 5.91 Å². The van der Waals surface area contributed by atoms with E-state index >= 15 is 0 Å². The van der Waals surface area contributed by atoms with Gasteiger partial charge in [-0.1, -0.05) is 30.3 Å². The Morgan fingerprint density at radius 1 is 0.977 bits per heavy atom. The molecule has 0 spiro atoms. The van der Waals surface area contributed by atoms with Gasteiger partial charge in [0.15, 0.2) is 10.6 Å². The van der Waals surface area contributed by atoms with E-state index in [2.05, 4.69) is 20.4 Å². The third-order valence-electron chi connectivity index (χ3n) is 5.99. The third-order valence-corrected chi connectivity index (χ3v) is 6.75. The molecule has 3 aromatic carbocycles. The first-order valence-corrected chi connectivity index (χ1v) is 13.8. The maximum atomic E-state index is 12.6. The molecular weight excluding hydrogens is 603 g/mol. The highest BCUT2D eigenvalue weighted by molar-refractivity contribution is 7.14. The van der Waals surface area contributed by atoms with Crippen molar-refractivity contribution in [1.29, 1.82) is 0 Å². The predicted molar refractivity (Wildman–Crippen MR) is 156 cm³/mol. The van der Waals surface area contributed by atoms with Crippen molar-refractivity contribution >= 4 is 44.9 Å².